The minimum atomic E-state index is -3.02. The summed E-state index contributed by atoms with van der Waals surface area (Å²) in [6.45, 7) is 8.76. The van der Waals surface area contributed by atoms with E-state index in [9.17, 15) is 19.5 Å². The van der Waals surface area contributed by atoms with Crippen LogP contribution in [0.4, 0.5) is 0 Å². The Morgan fingerprint density at radius 1 is 0.951 bits per heavy atom. The average molecular weight is 576 g/mol. The van der Waals surface area contributed by atoms with Crippen molar-refractivity contribution in [2.45, 2.75) is 63.5 Å². The van der Waals surface area contributed by atoms with Crippen molar-refractivity contribution >= 4 is 36.5 Å². The summed E-state index contributed by atoms with van der Waals surface area (Å²) in [4.78, 5) is 38.3. The third-order valence-corrected chi connectivity index (χ3v) is 12.5. The molecular weight excluding hydrogens is 538 g/mol. The quantitative estimate of drug-likeness (QED) is 0.298. The Kier molecular flexibility index (Phi) is 8.82. The van der Waals surface area contributed by atoms with Gasteiger partial charge >= 0.3 is 11.9 Å². The van der Waals surface area contributed by atoms with E-state index in [-0.39, 0.29) is 11.6 Å². The highest BCUT2D eigenvalue weighted by atomic mass is 28.4. The van der Waals surface area contributed by atoms with Gasteiger partial charge in [-0.2, -0.15) is 0 Å². The molecule has 1 heterocycles. The van der Waals surface area contributed by atoms with Crippen LogP contribution in [-0.4, -0.2) is 61.7 Å². The Bertz CT molecular complexity index is 1320. The smallest absolute Gasteiger partial charge is 0.336 e. The molecule has 0 radical (unpaired) electrons. The highest BCUT2D eigenvalue weighted by Gasteiger charge is 2.60. The molecule has 8 nitrogen and oxygen atoms in total. The van der Waals surface area contributed by atoms with Gasteiger partial charge in [0.05, 0.1) is 6.61 Å². The summed E-state index contributed by atoms with van der Waals surface area (Å²) in [6.07, 6.45) is -3.93. The monoisotopic (exact) mass is 575 g/mol. The van der Waals surface area contributed by atoms with Crippen LogP contribution in [0.15, 0.2) is 91.0 Å². The highest BCUT2D eigenvalue weighted by molar-refractivity contribution is 6.99. The van der Waals surface area contributed by atoms with Gasteiger partial charge in [0, 0.05) is 12.5 Å². The van der Waals surface area contributed by atoms with Crippen LogP contribution in [0.5, 0.6) is 0 Å². The van der Waals surface area contributed by atoms with Crippen LogP contribution in [0.1, 0.15) is 45.0 Å². The van der Waals surface area contributed by atoms with Crippen LogP contribution in [0.2, 0.25) is 5.04 Å². The Labute approximate surface area is 241 Å². The molecule has 3 aromatic carbocycles. The number of rotatable bonds is 9. The number of aliphatic hydroxyl groups excluding tert-OH is 1. The van der Waals surface area contributed by atoms with E-state index >= 15 is 0 Å². The Morgan fingerprint density at radius 3 is 1.90 bits per heavy atom. The van der Waals surface area contributed by atoms with Crippen molar-refractivity contribution in [3.63, 3.8) is 0 Å². The van der Waals surface area contributed by atoms with Crippen LogP contribution >= 0.6 is 0 Å². The number of nitrogens with one attached hydrogen (secondary N) is 1. The van der Waals surface area contributed by atoms with Gasteiger partial charge < -0.3 is 24.3 Å². The molecule has 2 N–H and O–H groups in total. The van der Waals surface area contributed by atoms with Crippen molar-refractivity contribution in [1.29, 1.82) is 0 Å². The zero-order valence-electron chi connectivity index (χ0n) is 24.0. The standard InChI is InChI=1S/C32H37NO7Si/c1-22(34)39-28-27(40-30(37)32(28,5)33-29(36)23-15-9-6-10-16-23)26(35)21-38-41(31(2,3)4,24-17-11-7-12-18-24)25-19-13-8-14-20-25/h6-20,26-28,35H,21H2,1-5H3,(H,33,36)/t26-,27+,28+,32-/m0/s1. The van der Waals surface area contributed by atoms with Gasteiger partial charge in [-0.15, -0.1) is 0 Å². The molecule has 0 aliphatic carbocycles. The lowest BCUT2D eigenvalue weighted by molar-refractivity contribution is -0.158. The van der Waals surface area contributed by atoms with E-state index in [0.29, 0.717) is 5.56 Å². The number of carbonyl (C=O) groups is 3. The first-order valence-electron chi connectivity index (χ1n) is 13.6. The lowest BCUT2D eigenvalue weighted by atomic mass is 9.91. The molecular formula is C32H37NO7Si. The predicted molar refractivity (Wildman–Crippen MR) is 157 cm³/mol. The zero-order chi connectivity index (χ0) is 29.8. The fraction of sp³-hybridized carbons (Fsp3) is 0.344. The third kappa shape index (κ3) is 5.97. The van der Waals surface area contributed by atoms with E-state index in [1.54, 1.807) is 30.3 Å². The first-order valence-corrected chi connectivity index (χ1v) is 15.5. The van der Waals surface area contributed by atoms with Crippen molar-refractivity contribution in [3.8, 4) is 0 Å². The Hall–Kier alpha value is -3.79. The number of carbonyl (C=O) groups excluding carboxylic acids is 3. The Morgan fingerprint density at radius 2 is 1.44 bits per heavy atom. The zero-order valence-corrected chi connectivity index (χ0v) is 25.0. The van der Waals surface area contributed by atoms with Gasteiger partial charge in [-0.3, -0.25) is 9.59 Å². The number of esters is 2. The van der Waals surface area contributed by atoms with Crippen LogP contribution in [0.3, 0.4) is 0 Å². The van der Waals surface area contributed by atoms with E-state index in [0.717, 1.165) is 10.4 Å². The molecule has 216 valence electrons. The molecule has 4 atom stereocenters. The Balaban J connectivity index is 1.66. The maximum Gasteiger partial charge on any atom is 0.336 e. The third-order valence-electron chi connectivity index (χ3n) is 7.50. The molecule has 0 unspecified atom stereocenters. The summed E-state index contributed by atoms with van der Waals surface area (Å²) in [6, 6.07) is 28.2. The van der Waals surface area contributed by atoms with Crippen molar-refractivity contribution in [2.75, 3.05) is 6.61 Å². The fourth-order valence-corrected chi connectivity index (χ4v) is 10.1. The first-order chi connectivity index (χ1) is 19.4. The molecule has 41 heavy (non-hydrogen) atoms. The van der Waals surface area contributed by atoms with Crippen LogP contribution in [-0.2, 0) is 23.5 Å². The van der Waals surface area contributed by atoms with E-state index in [1.807, 2.05) is 60.7 Å². The number of ether oxygens (including phenoxy) is 2. The second kappa shape index (κ2) is 12.0. The van der Waals surface area contributed by atoms with Gasteiger partial charge in [-0.25, -0.2) is 4.79 Å². The van der Waals surface area contributed by atoms with Gasteiger partial charge in [0.2, 0.25) is 0 Å². The summed E-state index contributed by atoms with van der Waals surface area (Å²) >= 11 is 0. The summed E-state index contributed by atoms with van der Waals surface area (Å²) in [7, 11) is -3.02. The predicted octanol–water partition coefficient (Wildman–Crippen LogP) is 2.97. The second-order valence-corrected chi connectivity index (χ2v) is 15.8. The molecule has 1 saturated heterocycles. The molecule has 9 heteroatoms. The lowest BCUT2D eigenvalue weighted by Gasteiger charge is -2.43. The normalized spacial score (nSPS) is 21.6. The largest absolute Gasteiger partial charge is 0.455 e. The average Bonchev–Trinajstić information content (AvgIpc) is 3.18. The molecule has 0 spiro atoms. The SMILES string of the molecule is CC(=O)O[C@@H]1[C@@H]([C@@H](O)CO[Si](c2ccccc2)(c2ccccc2)C(C)(C)C)OC(=O)[C@@]1(C)NC(=O)c1ccccc1. The maximum absolute atomic E-state index is 13.2. The van der Waals surface area contributed by atoms with Crippen molar-refractivity contribution < 1.29 is 33.4 Å². The summed E-state index contributed by atoms with van der Waals surface area (Å²) in [5, 5.41) is 15.8. The molecule has 1 amide bonds. The molecule has 1 aliphatic heterocycles. The summed E-state index contributed by atoms with van der Waals surface area (Å²) in [5.41, 5.74) is -1.41. The van der Waals surface area contributed by atoms with Crippen molar-refractivity contribution in [2.24, 2.45) is 0 Å². The molecule has 3 aromatic rings. The topological polar surface area (TPSA) is 111 Å². The van der Waals surface area contributed by atoms with E-state index in [2.05, 4.69) is 26.1 Å². The van der Waals surface area contributed by atoms with Gasteiger partial charge in [-0.1, -0.05) is 99.6 Å². The molecule has 1 fully saturated rings. The number of hydrogen-bond donors (Lipinski definition) is 2. The highest BCUT2D eigenvalue weighted by Crippen LogP contribution is 2.38. The van der Waals surface area contributed by atoms with Gasteiger partial charge in [0.25, 0.3) is 14.2 Å². The summed E-state index contributed by atoms with van der Waals surface area (Å²) in [5.74, 6) is -2.04. The van der Waals surface area contributed by atoms with Crippen molar-refractivity contribution in [3.05, 3.63) is 96.6 Å². The van der Waals surface area contributed by atoms with Gasteiger partial charge in [-0.05, 0) is 34.5 Å². The van der Waals surface area contributed by atoms with E-state index in [1.165, 1.54) is 13.8 Å². The van der Waals surface area contributed by atoms with Crippen LogP contribution < -0.4 is 15.7 Å². The number of amides is 1. The fourth-order valence-electron chi connectivity index (χ4n) is 5.48. The summed E-state index contributed by atoms with van der Waals surface area (Å²) < 4.78 is 18.0. The van der Waals surface area contributed by atoms with Gasteiger partial charge in [0.1, 0.15) is 6.10 Å². The molecule has 0 saturated carbocycles. The number of benzene rings is 3. The molecule has 4 rings (SSSR count). The minimum absolute atomic E-state index is 0.203. The van der Waals surface area contributed by atoms with Gasteiger partial charge in [0.15, 0.2) is 17.7 Å². The van der Waals surface area contributed by atoms with Crippen molar-refractivity contribution in [1.82, 2.24) is 5.32 Å². The lowest BCUT2D eigenvalue weighted by Crippen LogP contribution is -2.67. The van der Waals surface area contributed by atoms with Crippen LogP contribution in [0.25, 0.3) is 0 Å². The first kappa shape index (κ1) is 30.2. The molecule has 0 aromatic heterocycles. The number of hydrogen-bond acceptors (Lipinski definition) is 7. The van der Waals surface area contributed by atoms with Crippen LogP contribution in [0, 0.1) is 0 Å². The van der Waals surface area contributed by atoms with E-state index < -0.39 is 50.0 Å². The molecule has 0 bridgehead atoms. The maximum atomic E-state index is 13.2. The minimum Gasteiger partial charge on any atom is -0.455 e. The second-order valence-electron chi connectivity index (χ2n) is 11.5. The van der Waals surface area contributed by atoms with E-state index in [4.69, 9.17) is 13.9 Å². The molecule has 1 aliphatic rings. The number of aliphatic hydroxyl groups is 1. The number of cyclic esters (lactones) is 1.